The molecule has 10 aliphatic rings. The predicted octanol–water partition coefficient (Wildman–Crippen LogP) is 11.1. The topological polar surface area (TPSA) is 0 Å². The summed E-state index contributed by atoms with van der Waals surface area (Å²) in [7, 11) is 0. The Labute approximate surface area is 195 Å². The van der Waals surface area contributed by atoms with Gasteiger partial charge in [0.15, 0.2) is 0 Å². The Hall–Kier alpha value is 0.519. The van der Waals surface area contributed by atoms with Crippen LogP contribution in [0.1, 0.15) is 111 Å². The molecule has 10 aliphatic heterocycles. The molecule has 10 heterocycles. The summed E-state index contributed by atoms with van der Waals surface area (Å²) in [5.74, 6) is 5.21. The molecule has 8 atom stereocenters. The third kappa shape index (κ3) is 0.214. The molecule has 33 heavy (non-hydrogen) atoms. The number of hydrogen-bond acceptors (Lipinski definition) is 0. The third-order valence-corrected chi connectivity index (χ3v) is 78.7. The van der Waals surface area contributed by atoms with Gasteiger partial charge in [0.1, 0.15) is 0 Å². The number of rotatable bonds is 6. The summed E-state index contributed by atoms with van der Waals surface area (Å²) < 4.78 is 7.05. The van der Waals surface area contributed by atoms with E-state index in [-0.39, 0.29) is 0 Å². The minimum absolute atomic E-state index is 0.693. The fourth-order valence-corrected chi connectivity index (χ4v) is 145. The SMILES string of the molecule is CC(C)[C]12[C]3(C)[C]4(C(C)C)[C]5(C(C)C)[C]1(C)[Fe]32451678[C]2(C)[C]1(C(C)C)[C]6(C)[C]7(C(C)C)[C]28C(C)C. The summed E-state index contributed by atoms with van der Waals surface area (Å²) in [4.78, 5) is 0. The van der Waals surface area contributed by atoms with Crippen LogP contribution in [-0.4, -0.2) is 0 Å². The normalized spacial score (nSPS) is 88.8. The second-order valence-corrected chi connectivity index (χ2v) is 41.0. The van der Waals surface area contributed by atoms with Crippen molar-refractivity contribution < 1.29 is 6.51 Å². The quantitative estimate of drug-likeness (QED) is 0.322. The summed E-state index contributed by atoms with van der Waals surface area (Å²) >= 11 is 0. The molecular formula is C32H54Fe. The Kier molecular flexibility index (Phi) is 1.26. The zero-order valence-corrected chi connectivity index (χ0v) is 25.9. The van der Waals surface area contributed by atoms with Gasteiger partial charge < -0.3 is 0 Å². The van der Waals surface area contributed by atoms with Gasteiger partial charge in [-0.25, -0.2) is 0 Å². The van der Waals surface area contributed by atoms with Crippen LogP contribution < -0.4 is 0 Å². The van der Waals surface area contributed by atoms with E-state index in [1.807, 2.05) is 0 Å². The third-order valence-electron chi connectivity index (χ3n) is 24.6. The van der Waals surface area contributed by atoms with Crippen molar-refractivity contribution in [2.75, 3.05) is 0 Å². The van der Waals surface area contributed by atoms with Crippen LogP contribution in [0.3, 0.4) is 0 Å². The molecule has 0 aromatic rings. The Morgan fingerprint density at radius 2 is 0.455 bits per heavy atom. The molecule has 0 saturated carbocycles. The van der Waals surface area contributed by atoms with E-state index in [1.54, 1.807) is 0 Å². The van der Waals surface area contributed by atoms with E-state index >= 15 is 0 Å². The van der Waals surface area contributed by atoms with Crippen molar-refractivity contribution in [1.82, 2.24) is 0 Å². The average molecular weight is 495 g/mol. The number of fused-ring (bicyclic) bond motifs is 10. The molecule has 0 N–H and O–H groups in total. The second kappa shape index (κ2) is 2.12. The van der Waals surface area contributed by atoms with E-state index in [2.05, 4.69) is 111 Å². The summed E-state index contributed by atoms with van der Waals surface area (Å²) in [6.45, 7) is 40.5. The predicted molar refractivity (Wildman–Crippen MR) is 139 cm³/mol. The van der Waals surface area contributed by atoms with E-state index in [0.29, 0.717) is 43.1 Å². The Bertz CT molecular complexity index is 1410. The van der Waals surface area contributed by atoms with Gasteiger partial charge in [-0.05, 0) is 0 Å². The molecule has 1 heteroatoms. The molecule has 1 spiro atoms. The van der Waals surface area contributed by atoms with Gasteiger partial charge in [0, 0.05) is 0 Å². The molecule has 0 bridgehead atoms. The standard InChI is InChI=1S/2C16H27.Fe/c2*1-9(2)14-12(7)15(10(3)4)16(11(5)6)13(14)8;/h2*9-11H,1-8H3;. The first kappa shape index (κ1) is 19.6. The van der Waals surface area contributed by atoms with Gasteiger partial charge in [-0.2, -0.15) is 0 Å². The Morgan fingerprint density at radius 1 is 0.303 bits per heavy atom. The fourth-order valence-electron chi connectivity index (χ4n) is 36.2. The van der Waals surface area contributed by atoms with Crippen molar-refractivity contribution >= 4 is 0 Å². The van der Waals surface area contributed by atoms with Crippen LogP contribution in [0.4, 0.5) is 0 Å². The van der Waals surface area contributed by atoms with Gasteiger partial charge in [0.05, 0.1) is 0 Å². The van der Waals surface area contributed by atoms with E-state index in [4.69, 9.17) is 0 Å². The molecule has 0 nitrogen and oxygen atoms in total. The van der Waals surface area contributed by atoms with Crippen molar-refractivity contribution in [2.45, 2.75) is 154 Å². The monoisotopic (exact) mass is 494 g/mol. The zero-order chi connectivity index (χ0) is 24.8. The molecule has 8 unspecified atom stereocenters. The molecule has 10 saturated heterocycles. The van der Waals surface area contributed by atoms with Gasteiger partial charge >= 0.3 is 196 Å². The van der Waals surface area contributed by atoms with Crippen molar-refractivity contribution in [3.63, 3.8) is 0 Å². The van der Waals surface area contributed by atoms with Crippen LogP contribution in [0, 0.1) is 35.5 Å². The zero-order valence-electron chi connectivity index (χ0n) is 24.8. The summed E-state index contributed by atoms with van der Waals surface area (Å²) in [6, 6.07) is 0. The Morgan fingerprint density at radius 3 is 0.576 bits per heavy atom. The van der Waals surface area contributed by atoms with Gasteiger partial charge in [0.2, 0.25) is 0 Å². The molecule has 0 radical (unpaired) electrons. The molecular weight excluding hydrogens is 440 g/mol. The van der Waals surface area contributed by atoms with Crippen molar-refractivity contribution in [1.29, 1.82) is 0 Å². The first-order valence-electron chi connectivity index (χ1n) is 14.9. The van der Waals surface area contributed by atoms with Crippen LogP contribution in [0.2, 0.25) is 43.1 Å². The maximum absolute atomic E-state index is 4.79. The summed E-state index contributed by atoms with van der Waals surface area (Å²) in [5, 5.41) is 0. The molecule has 0 aromatic carbocycles. The summed E-state index contributed by atoms with van der Waals surface area (Å²) in [5.41, 5.74) is 0. The molecule has 10 fully saturated rings. The Balaban J connectivity index is 1.69. The van der Waals surface area contributed by atoms with Crippen molar-refractivity contribution in [3.8, 4) is 0 Å². The molecule has 10 rings (SSSR count). The van der Waals surface area contributed by atoms with Crippen LogP contribution in [-0.2, 0) is 6.51 Å². The van der Waals surface area contributed by atoms with Gasteiger partial charge in [-0.3, -0.25) is 0 Å². The first-order chi connectivity index (χ1) is 14.7. The van der Waals surface area contributed by atoms with Gasteiger partial charge in [0.25, 0.3) is 0 Å². The molecule has 0 aromatic heterocycles. The van der Waals surface area contributed by atoms with Gasteiger partial charge in [-0.1, -0.05) is 0 Å². The molecule has 190 valence electrons. The molecule has 0 amide bonds. The van der Waals surface area contributed by atoms with Gasteiger partial charge in [-0.15, -0.1) is 0 Å². The number of hydrogen-bond donors (Lipinski definition) is 0. The van der Waals surface area contributed by atoms with E-state index in [1.165, 1.54) is 0 Å². The van der Waals surface area contributed by atoms with E-state index in [9.17, 15) is 0 Å². The van der Waals surface area contributed by atoms with E-state index in [0.717, 1.165) is 35.5 Å². The minimum atomic E-state index is -4.79. The molecule has 0 aliphatic carbocycles. The average Bonchev–Trinajstić information content (AvgIpc) is 3.58. The summed E-state index contributed by atoms with van der Waals surface area (Å²) in [6.07, 6.45) is 0. The fraction of sp³-hybridized carbons (Fsp3) is 1.00. The first-order valence-corrected chi connectivity index (χ1v) is 20.4. The maximum atomic E-state index is 3.06. The van der Waals surface area contributed by atoms with Crippen LogP contribution in [0.25, 0.3) is 0 Å². The second-order valence-electron chi connectivity index (χ2n) is 19.0. The van der Waals surface area contributed by atoms with E-state index < -0.39 is 6.51 Å². The van der Waals surface area contributed by atoms with Crippen LogP contribution >= 0.6 is 0 Å². The van der Waals surface area contributed by atoms with Crippen LogP contribution in [0.15, 0.2) is 0 Å². The van der Waals surface area contributed by atoms with Crippen molar-refractivity contribution in [3.05, 3.63) is 0 Å². The van der Waals surface area contributed by atoms with Crippen molar-refractivity contribution in [2.24, 2.45) is 35.5 Å². The van der Waals surface area contributed by atoms with Crippen LogP contribution in [0.5, 0.6) is 0 Å².